The molecule has 2 rings (SSSR count). The lowest BCUT2D eigenvalue weighted by Gasteiger charge is -2.26. The average molecular weight is 396 g/mol. The lowest BCUT2D eigenvalue weighted by atomic mass is 10.2. The second kappa shape index (κ2) is 13.8. The second-order valence-electron chi connectivity index (χ2n) is 5.31. The smallest absolute Gasteiger partial charge is 0.238 e. The second-order valence-corrected chi connectivity index (χ2v) is 6.53. The molecule has 0 radical (unpaired) electrons. The highest BCUT2D eigenvalue weighted by molar-refractivity contribution is 7.99. The van der Waals surface area contributed by atoms with Crippen molar-refractivity contribution in [3.05, 3.63) is 29.8 Å². The van der Waals surface area contributed by atoms with Gasteiger partial charge in [-0.05, 0) is 17.7 Å². The summed E-state index contributed by atoms with van der Waals surface area (Å²) in [6.07, 6.45) is 0. The van der Waals surface area contributed by atoms with Gasteiger partial charge in [-0.2, -0.15) is 11.8 Å². The van der Waals surface area contributed by atoms with Crippen molar-refractivity contribution >= 4 is 48.2 Å². The number of methoxy groups -OCH3 is 1. The first-order valence-corrected chi connectivity index (χ1v) is 8.82. The number of carbonyl (C=O) groups excluding carboxylic acids is 1. The Hall–Kier alpha value is -0.500. The summed E-state index contributed by atoms with van der Waals surface area (Å²) in [4.78, 5) is 14.3. The van der Waals surface area contributed by atoms with Crippen LogP contribution < -0.4 is 10.6 Å². The molecule has 1 aliphatic rings. The van der Waals surface area contributed by atoms with Gasteiger partial charge in [0.25, 0.3) is 0 Å². The molecule has 0 aromatic heterocycles. The topological polar surface area (TPSA) is 53.6 Å². The zero-order chi connectivity index (χ0) is 15.6. The molecule has 1 aliphatic heterocycles. The van der Waals surface area contributed by atoms with Crippen molar-refractivity contribution in [2.24, 2.45) is 0 Å². The van der Waals surface area contributed by atoms with E-state index in [1.54, 1.807) is 7.11 Å². The quantitative estimate of drug-likeness (QED) is 0.661. The number of rotatable bonds is 8. The predicted octanol–water partition coefficient (Wildman–Crippen LogP) is 2.25. The fourth-order valence-electron chi connectivity index (χ4n) is 2.35. The molecule has 0 spiro atoms. The van der Waals surface area contributed by atoms with Gasteiger partial charge in [0.1, 0.15) is 0 Å². The molecule has 0 atom stereocenters. The number of benzene rings is 1. The van der Waals surface area contributed by atoms with Crippen LogP contribution in [0.1, 0.15) is 5.56 Å². The number of nitrogens with one attached hydrogen (secondary N) is 2. The van der Waals surface area contributed by atoms with E-state index in [0.717, 1.165) is 25.3 Å². The van der Waals surface area contributed by atoms with Crippen LogP contribution >= 0.6 is 36.6 Å². The van der Waals surface area contributed by atoms with Crippen molar-refractivity contribution in [2.75, 3.05) is 56.7 Å². The largest absolute Gasteiger partial charge is 0.383 e. The number of anilines is 1. The van der Waals surface area contributed by atoms with E-state index < -0.39 is 0 Å². The van der Waals surface area contributed by atoms with Crippen molar-refractivity contribution in [1.29, 1.82) is 0 Å². The van der Waals surface area contributed by atoms with Crippen molar-refractivity contribution in [2.45, 2.75) is 6.54 Å². The Morgan fingerprint density at radius 3 is 2.75 bits per heavy atom. The molecule has 1 amide bonds. The Bertz CT molecular complexity index is 474. The van der Waals surface area contributed by atoms with E-state index >= 15 is 0 Å². The highest BCUT2D eigenvalue weighted by atomic mass is 35.5. The molecule has 0 unspecified atom stereocenters. The zero-order valence-corrected chi connectivity index (χ0v) is 16.4. The first-order valence-electron chi connectivity index (χ1n) is 7.66. The number of hydrogen-bond acceptors (Lipinski definition) is 5. The third-order valence-electron chi connectivity index (χ3n) is 3.49. The Balaban J connectivity index is 0.00000264. The molecule has 1 aromatic carbocycles. The lowest BCUT2D eigenvalue weighted by Crippen LogP contribution is -2.32. The van der Waals surface area contributed by atoms with E-state index in [2.05, 4.69) is 27.7 Å². The molecule has 1 heterocycles. The number of ether oxygens (including phenoxy) is 1. The summed E-state index contributed by atoms with van der Waals surface area (Å²) in [5.74, 6) is 2.40. The van der Waals surface area contributed by atoms with Gasteiger partial charge in [-0.25, -0.2) is 0 Å². The number of amides is 1. The molecule has 24 heavy (non-hydrogen) atoms. The van der Waals surface area contributed by atoms with E-state index in [-0.39, 0.29) is 30.7 Å². The zero-order valence-electron chi connectivity index (χ0n) is 14.0. The summed E-state index contributed by atoms with van der Waals surface area (Å²) in [6.45, 7) is 4.83. The maximum absolute atomic E-state index is 11.8. The number of halogens is 2. The number of nitrogens with zero attached hydrogens (tertiary/aromatic N) is 1. The van der Waals surface area contributed by atoms with Crippen molar-refractivity contribution < 1.29 is 9.53 Å². The lowest BCUT2D eigenvalue weighted by molar-refractivity contribution is -0.115. The minimum Gasteiger partial charge on any atom is -0.383 e. The van der Waals surface area contributed by atoms with Crippen LogP contribution in [0, 0.1) is 0 Å². The van der Waals surface area contributed by atoms with Gasteiger partial charge >= 0.3 is 0 Å². The summed E-state index contributed by atoms with van der Waals surface area (Å²) in [5.41, 5.74) is 2.11. The van der Waals surface area contributed by atoms with Gasteiger partial charge in [0, 0.05) is 50.5 Å². The Morgan fingerprint density at radius 1 is 1.29 bits per heavy atom. The SMILES string of the molecule is COCCNCC(=O)Nc1cccc(CN2CCSCC2)c1.Cl.Cl. The highest BCUT2D eigenvalue weighted by Crippen LogP contribution is 2.16. The fourth-order valence-corrected chi connectivity index (χ4v) is 3.32. The van der Waals surface area contributed by atoms with E-state index in [1.165, 1.54) is 17.1 Å². The molecule has 1 saturated heterocycles. The van der Waals surface area contributed by atoms with E-state index in [1.807, 2.05) is 23.9 Å². The van der Waals surface area contributed by atoms with Crippen LogP contribution in [0.4, 0.5) is 5.69 Å². The summed E-state index contributed by atoms with van der Waals surface area (Å²) in [5, 5.41) is 5.97. The van der Waals surface area contributed by atoms with Gasteiger partial charge in [0.05, 0.1) is 13.2 Å². The summed E-state index contributed by atoms with van der Waals surface area (Å²) in [6, 6.07) is 8.12. The number of carbonyl (C=O) groups is 1. The first kappa shape index (κ1) is 23.5. The molecular formula is C16H27Cl2N3O2S. The van der Waals surface area contributed by atoms with Gasteiger partial charge in [-0.15, -0.1) is 24.8 Å². The fraction of sp³-hybridized carbons (Fsp3) is 0.562. The molecule has 138 valence electrons. The third-order valence-corrected chi connectivity index (χ3v) is 4.43. The van der Waals surface area contributed by atoms with Crippen LogP contribution in [0.5, 0.6) is 0 Å². The summed E-state index contributed by atoms with van der Waals surface area (Å²) in [7, 11) is 1.65. The van der Waals surface area contributed by atoms with Crippen molar-refractivity contribution in [3.8, 4) is 0 Å². The Kier molecular flexibility index (Phi) is 13.5. The van der Waals surface area contributed by atoms with Crippen LogP contribution in [-0.4, -0.2) is 62.2 Å². The third kappa shape index (κ3) is 9.11. The molecule has 0 bridgehead atoms. The van der Waals surface area contributed by atoms with E-state index in [9.17, 15) is 4.79 Å². The Labute approximate surface area is 161 Å². The van der Waals surface area contributed by atoms with E-state index in [4.69, 9.17) is 4.74 Å². The average Bonchev–Trinajstić information content (AvgIpc) is 2.53. The molecular weight excluding hydrogens is 369 g/mol. The maximum atomic E-state index is 11.8. The predicted molar refractivity (Wildman–Crippen MR) is 107 cm³/mol. The maximum Gasteiger partial charge on any atom is 0.238 e. The van der Waals surface area contributed by atoms with Crippen molar-refractivity contribution in [3.63, 3.8) is 0 Å². The Morgan fingerprint density at radius 2 is 2.04 bits per heavy atom. The number of hydrogen-bond donors (Lipinski definition) is 2. The van der Waals surface area contributed by atoms with Gasteiger partial charge in [0.15, 0.2) is 0 Å². The van der Waals surface area contributed by atoms with Crippen molar-refractivity contribution in [1.82, 2.24) is 10.2 Å². The van der Waals surface area contributed by atoms with Crippen LogP contribution in [0.2, 0.25) is 0 Å². The first-order chi connectivity index (χ1) is 10.8. The molecule has 1 aromatic rings. The minimum absolute atomic E-state index is 0. The van der Waals surface area contributed by atoms with Gasteiger partial charge < -0.3 is 15.4 Å². The number of thioether (sulfide) groups is 1. The molecule has 0 saturated carbocycles. The van der Waals surface area contributed by atoms with Gasteiger partial charge in [-0.1, -0.05) is 12.1 Å². The standard InChI is InChI=1S/C16H25N3O2S.2ClH/c1-21-8-5-17-12-16(20)18-15-4-2-3-14(11-15)13-19-6-9-22-10-7-19;;/h2-4,11,17H,5-10,12-13H2,1H3,(H,18,20);2*1H. The molecule has 5 nitrogen and oxygen atoms in total. The van der Waals surface area contributed by atoms with Crippen LogP contribution in [0.25, 0.3) is 0 Å². The monoisotopic (exact) mass is 395 g/mol. The summed E-state index contributed by atoms with van der Waals surface area (Å²) >= 11 is 2.02. The van der Waals surface area contributed by atoms with Gasteiger partial charge in [-0.3, -0.25) is 9.69 Å². The molecule has 0 aliphatic carbocycles. The molecule has 2 N–H and O–H groups in total. The highest BCUT2D eigenvalue weighted by Gasteiger charge is 2.11. The van der Waals surface area contributed by atoms with Crippen LogP contribution in [0.3, 0.4) is 0 Å². The minimum atomic E-state index is -0.0253. The summed E-state index contributed by atoms with van der Waals surface area (Å²) < 4.78 is 4.93. The molecule has 1 fully saturated rings. The van der Waals surface area contributed by atoms with E-state index in [0.29, 0.717) is 19.7 Å². The normalized spacial score (nSPS) is 14.4. The molecule has 8 heteroatoms. The van der Waals surface area contributed by atoms with Gasteiger partial charge in [0.2, 0.25) is 5.91 Å². The van der Waals surface area contributed by atoms with Crippen LogP contribution in [-0.2, 0) is 16.1 Å². The van der Waals surface area contributed by atoms with Crippen LogP contribution in [0.15, 0.2) is 24.3 Å².